The van der Waals surface area contributed by atoms with Crippen LogP contribution in [0.3, 0.4) is 0 Å². The van der Waals surface area contributed by atoms with Crippen molar-refractivity contribution in [3.05, 3.63) is 58.7 Å². The van der Waals surface area contributed by atoms with Crippen LogP contribution >= 0.6 is 0 Å². The molecule has 0 spiro atoms. The zero-order valence-corrected chi connectivity index (χ0v) is 19.9. The Labute approximate surface area is 204 Å². The number of aryl methyl sites for hydroxylation is 1. The summed E-state index contributed by atoms with van der Waals surface area (Å²) in [4.78, 5) is 18.0. The van der Waals surface area contributed by atoms with E-state index in [0.29, 0.717) is 11.1 Å². The van der Waals surface area contributed by atoms with Crippen LogP contribution in [0.2, 0.25) is 0 Å². The molecule has 2 aromatic carbocycles. The minimum absolute atomic E-state index is 0.118. The quantitative estimate of drug-likeness (QED) is 0.384. The van der Waals surface area contributed by atoms with Gasteiger partial charge in [-0.3, -0.25) is 4.90 Å². The van der Waals surface area contributed by atoms with Gasteiger partial charge in [-0.05, 0) is 57.0 Å². The standard InChI is InChI=1S/C24H25F5N2O5/c1-5-34-22(33)23(25,26)20(32)15-6-8-17(14(4)10-15)21-30-35-12-31(21)16-7-9-19(36-13(2)3)18(11-16)24(27,28)29/h6-11,13,20,32H,5,12H2,1-4H3. The van der Waals surface area contributed by atoms with Crippen molar-refractivity contribution >= 4 is 17.5 Å². The van der Waals surface area contributed by atoms with Gasteiger partial charge in [0.25, 0.3) is 0 Å². The maximum atomic E-state index is 14.3. The number of ether oxygens (including phenoxy) is 2. The monoisotopic (exact) mass is 516 g/mol. The van der Waals surface area contributed by atoms with Crippen LogP contribution in [0.4, 0.5) is 27.6 Å². The predicted octanol–water partition coefficient (Wildman–Crippen LogP) is 5.19. The normalized spacial score (nSPS) is 15.0. The van der Waals surface area contributed by atoms with E-state index in [2.05, 4.69) is 9.89 Å². The van der Waals surface area contributed by atoms with E-state index in [1.807, 2.05) is 0 Å². The summed E-state index contributed by atoms with van der Waals surface area (Å²) in [6, 6.07) is 7.29. The van der Waals surface area contributed by atoms with Crippen LogP contribution in [0, 0.1) is 6.92 Å². The van der Waals surface area contributed by atoms with Crippen LogP contribution in [-0.2, 0) is 20.5 Å². The average molecular weight is 516 g/mol. The molecule has 2 aromatic rings. The van der Waals surface area contributed by atoms with Crippen molar-refractivity contribution in [1.82, 2.24) is 0 Å². The van der Waals surface area contributed by atoms with E-state index in [4.69, 9.17) is 9.57 Å². The third kappa shape index (κ3) is 5.53. The van der Waals surface area contributed by atoms with Gasteiger partial charge in [0.1, 0.15) is 5.75 Å². The largest absolute Gasteiger partial charge is 0.490 e. The lowest BCUT2D eigenvalue weighted by molar-refractivity contribution is -0.189. The van der Waals surface area contributed by atoms with E-state index in [1.165, 1.54) is 49.1 Å². The number of carbonyl (C=O) groups excluding carboxylic acids is 1. The van der Waals surface area contributed by atoms with Gasteiger partial charge in [0, 0.05) is 11.3 Å². The number of aliphatic hydroxyl groups excluding tert-OH is 1. The molecule has 1 unspecified atom stereocenters. The number of aliphatic hydroxyl groups is 1. The Hall–Kier alpha value is -3.41. The number of hydrogen-bond donors (Lipinski definition) is 1. The molecule has 12 heteroatoms. The molecule has 0 saturated carbocycles. The van der Waals surface area contributed by atoms with Crippen molar-refractivity contribution in [1.29, 1.82) is 0 Å². The molecule has 36 heavy (non-hydrogen) atoms. The number of carbonyl (C=O) groups is 1. The van der Waals surface area contributed by atoms with E-state index in [0.717, 1.165) is 6.07 Å². The molecular weight excluding hydrogens is 491 g/mol. The highest BCUT2D eigenvalue weighted by Gasteiger charge is 2.49. The van der Waals surface area contributed by atoms with Crippen LogP contribution in [-0.4, -0.2) is 42.3 Å². The molecule has 1 aliphatic rings. The van der Waals surface area contributed by atoms with Crippen molar-refractivity contribution in [2.45, 2.75) is 52.0 Å². The smallest absolute Gasteiger partial charge is 0.420 e. The van der Waals surface area contributed by atoms with E-state index < -0.39 is 35.8 Å². The van der Waals surface area contributed by atoms with Gasteiger partial charge in [-0.25, -0.2) is 4.79 Å². The number of hydrogen-bond acceptors (Lipinski definition) is 7. The molecule has 0 radical (unpaired) electrons. The second-order valence-electron chi connectivity index (χ2n) is 8.27. The Bertz CT molecular complexity index is 1150. The average Bonchev–Trinajstić information content (AvgIpc) is 3.27. The topological polar surface area (TPSA) is 80.6 Å². The molecule has 1 heterocycles. The highest BCUT2D eigenvalue weighted by Crippen LogP contribution is 2.40. The Balaban J connectivity index is 1.93. The van der Waals surface area contributed by atoms with Crippen LogP contribution in [0.5, 0.6) is 5.75 Å². The minimum Gasteiger partial charge on any atom is -0.490 e. The molecule has 0 fully saturated rings. The third-order valence-electron chi connectivity index (χ3n) is 5.23. The number of halogens is 5. The van der Waals surface area contributed by atoms with E-state index in [-0.39, 0.29) is 36.2 Å². The molecule has 196 valence electrons. The van der Waals surface area contributed by atoms with Crippen LogP contribution in [0.25, 0.3) is 0 Å². The van der Waals surface area contributed by atoms with Crippen molar-refractivity contribution in [2.24, 2.45) is 5.16 Å². The lowest BCUT2D eigenvalue weighted by Gasteiger charge is -2.24. The first kappa shape index (κ1) is 27.2. The molecular formula is C24H25F5N2O5. The molecule has 1 aliphatic heterocycles. The molecule has 3 rings (SSSR count). The second kappa shape index (κ2) is 10.3. The fourth-order valence-corrected chi connectivity index (χ4v) is 3.57. The Morgan fingerprint density at radius 1 is 1.17 bits per heavy atom. The highest BCUT2D eigenvalue weighted by atomic mass is 19.4. The lowest BCUT2D eigenvalue weighted by atomic mass is 9.97. The van der Waals surface area contributed by atoms with Gasteiger partial charge >= 0.3 is 18.1 Å². The Morgan fingerprint density at radius 2 is 1.86 bits per heavy atom. The van der Waals surface area contributed by atoms with Gasteiger partial charge < -0.3 is 19.4 Å². The van der Waals surface area contributed by atoms with Gasteiger partial charge in [-0.1, -0.05) is 23.4 Å². The van der Waals surface area contributed by atoms with E-state index in [1.54, 1.807) is 13.8 Å². The second-order valence-corrected chi connectivity index (χ2v) is 8.27. The first-order chi connectivity index (χ1) is 16.8. The summed E-state index contributed by atoms with van der Waals surface area (Å²) in [7, 11) is 0. The fraction of sp³-hybridized carbons (Fsp3) is 0.417. The maximum Gasteiger partial charge on any atom is 0.420 e. The third-order valence-corrected chi connectivity index (χ3v) is 5.23. The van der Waals surface area contributed by atoms with Crippen LogP contribution in [0.1, 0.15) is 49.1 Å². The number of esters is 1. The van der Waals surface area contributed by atoms with Crippen molar-refractivity contribution in [3.8, 4) is 5.75 Å². The fourth-order valence-electron chi connectivity index (χ4n) is 3.57. The van der Waals surface area contributed by atoms with Gasteiger partial charge in [-0.15, -0.1) is 0 Å². The maximum absolute atomic E-state index is 14.3. The molecule has 1 N–H and O–H groups in total. The Kier molecular flexibility index (Phi) is 7.77. The first-order valence-electron chi connectivity index (χ1n) is 11.0. The molecule has 0 saturated heterocycles. The Morgan fingerprint density at radius 3 is 2.44 bits per heavy atom. The van der Waals surface area contributed by atoms with Crippen molar-refractivity contribution in [2.75, 3.05) is 18.2 Å². The number of benzene rings is 2. The molecule has 1 atom stereocenters. The zero-order chi connectivity index (χ0) is 26.8. The van der Waals surface area contributed by atoms with Crippen molar-refractivity contribution < 1.29 is 46.2 Å². The summed E-state index contributed by atoms with van der Waals surface area (Å²) < 4.78 is 79.2. The number of anilines is 1. The number of amidine groups is 1. The lowest BCUT2D eigenvalue weighted by Crippen LogP contribution is -2.37. The number of alkyl halides is 5. The number of oxime groups is 1. The molecule has 7 nitrogen and oxygen atoms in total. The minimum atomic E-state index is -4.68. The number of rotatable bonds is 8. The van der Waals surface area contributed by atoms with Gasteiger partial charge in [0.2, 0.25) is 0 Å². The van der Waals surface area contributed by atoms with E-state index in [9.17, 15) is 31.9 Å². The predicted molar refractivity (Wildman–Crippen MR) is 120 cm³/mol. The summed E-state index contributed by atoms with van der Waals surface area (Å²) in [5.74, 6) is -6.23. The van der Waals surface area contributed by atoms with Gasteiger partial charge in [0.05, 0.1) is 18.3 Å². The summed E-state index contributed by atoms with van der Waals surface area (Å²) in [6.07, 6.45) is -7.63. The van der Waals surface area contributed by atoms with E-state index >= 15 is 0 Å². The molecule has 0 amide bonds. The molecule has 0 aliphatic carbocycles. The molecule has 0 aromatic heterocycles. The zero-order valence-electron chi connectivity index (χ0n) is 19.9. The SMILES string of the molecule is CCOC(=O)C(F)(F)C(O)c1ccc(C2=NOCN2c2ccc(OC(C)C)c(C(F)(F)F)c2)c(C)c1. The summed E-state index contributed by atoms with van der Waals surface area (Å²) in [6.45, 7) is 5.64. The van der Waals surface area contributed by atoms with Gasteiger partial charge in [0.15, 0.2) is 18.7 Å². The first-order valence-corrected chi connectivity index (χ1v) is 11.0. The van der Waals surface area contributed by atoms with Crippen LogP contribution in [0.15, 0.2) is 41.6 Å². The summed E-state index contributed by atoms with van der Waals surface area (Å²) in [5, 5.41) is 14.0. The summed E-state index contributed by atoms with van der Waals surface area (Å²) >= 11 is 0. The number of nitrogens with zero attached hydrogens (tertiary/aromatic N) is 2. The van der Waals surface area contributed by atoms with Crippen LogP contribution < -0.4 is 9.64 Å². The highest BCUT2D eigenvalue weighted by molar-refractivity contribution is 6.11. The van der Waals surface area contributed by atoms with Crippen molar-refractivity contribution in [3.63, 3.8) is 0 Å². The van der Waals surface area contributed by atoms with Gasteiger partial charge in [-0.2, -0.15) is 22.0 Å². The molecule has 0 bridgehead atoms. The summed E-state index contributed by atoms with van der Waals surface area (Å²) in [5.41, 5.74) is -0.395.